The van der Waals surface area contributed by atoms with Gasteiger partial charge in [-0.3, -0.25) is 4.98 Å². The maximum absolute atomic E-state index is 4.62. The molecule has 0 fully saturated rings. The van der Waals surface area contributed by atoms with Gasteiger partial charge in [0.25, 0.3) is 0 Å². The Morgan fingerprint density at radius 1 is 0.577 bits per heavy atom. The third-order valence-electron chi connectivity index (χ3n) is 4.28. The van der Waals surface area contributed by atoms with Crippen LogP contribution in [0.4, 0.5) is 0 Å². The number of rotatable bonds is 3. The Balaban J connectivity index is 1.64. The largest absolute Gasteiger partial charge is 0.252 e. The van der Waals surface area contributed by atoms with Crippen molar-refractivity contribution in [2.75, 3.05) is 0 Å². The first kappa shape index (κ1) is 16.1. The first-order valence-electron chi connectivity index (χ1n) is 8.49. The summed E-state index contributed by atoms with van der Waals surface area (Å²) in [5, 5.41) is 8.24. The van der Waals surface area contributed by atoms with Crippen LogP contribution < -0.4 is 0 Å². The molecule has 4 aromatic rings. The van der Waals surface area contributed by atoms with Crippen molar-refractivity contribution < 1.29 is 0 Å². The Hall–Kier alpha value is -3.40. The fraction of sp³-hybridized carbons (Fsp3) is 0.0909. The van der Waals surface area contributed by atoms with Gasteiger partial charge in [-0.2, -0.15) is 5.10 Å². The fourth-order valence-electron chi connectivity index (χ4n) is 2.72. The van der Waals surface area contributed by atoms with Gasteiger partial charge in [0.2, 0.25) is 5.82 Å². The van der Waals surface area contributed by atoms with Crippen LogP contribution in [0.3, 0.4) is 0 Å². The van der Waals surface area contributed by atoms with E-state index >= 15 is 0 Å². The van der Waals surface area contributed by atoms with Gasteiger partial charge in [-0.25, -0.2) is 4.98 Å². The molecule has 0 radical (unpaired) electrons. The summed E-state index contributed by atoms with van der Waals surface area (Å²) in [5.74, 6) is 0.526. The molecule has 2 aromatic heterocycles. The molecule has 4 heteroatoms. The third kappa shape index (κ3) is 3.35. The van der Waals surface area contributed by atoms with Crippen molar-refractivity contribution in [3.63, 3.8) is 0 Å². The summed E-state index contributed by atoms with van der Waals surface area (Å²) in [4.78, 5) is 9.15. The van der Waals surface area contributed by atoms with E-state index in [1.165, 1.54) is 11.1 Å². The van der Waals surface area contributed by atoms with Crippen molar-refractivity contribution >= 4 is 0 Å². The molecule has 0 amide bonds. The second-order valence-corrected chi connectivity index (χ2v) is 6.33. The summed E-state index contributed by atoms with van der Waals surface area (Å²) in [6.07, 6.45) is 3.52. The molecule has 0 saturated heterocycles. The number of pyridine rings is 1. The van der Waals surface area contributed by atoms with Crippen molar-refractivity contribution in [2.45, 2.75) is 13.8 Å². The molecule has 0 aliphatic rings. The minimum absolute atomic E-state index is 0.526. The number of hydrogen-bond donors (Lipinski definition) is 0. The second kappa shape index (κ2) is 6.84. The summed E-state index contributed by atoms with van der Waals surface area (Å²) in [5.41, 5.74) is 7.18. The highest BCUT2D eigenvalue weighted by molar-refractivity contribution is 5.66. The molecule has 0 aliphatic carbocycles. The Morgan fingerprint density at radius 3 is 1.81 bits per heavy atom. The van der Waals surface area contributed by atoms with Gasteiger partial charge in [-0.1, -0.05) is 65.7 Å². The van der Waals surface area contributed by atoms with Crippen LogP contribution in [0.1, 0.15) is 11.1 Å². The summed E-state index contributed by atoms with van der Waals surface area (Å²) >= 11 is 0. The van der Waals surface area contributed by atoms with E-state index in [9.17, 15) is 0 Å². The van der Waals surface area contributed by atoms with E-state index in [0.717, 1.165) is 22.4 Å². The molecule has 4 nitrogen and oxygen atoms in total. The van der Waals surface area contributed by atoms with Crippen molar-refractivity contribution in [3.05, 3.63) is 84.2 Å². The van der Waals surface area contributed by atoms with Crippen molar-refractivity contribution in [3.8, 4) is 33.9 Å². The van der Waals surface area contributed by atoms with Crippen LogP contribution in [-0.2, 0) is 0 Å². The van der Waals surface area contributed by atoms with Crippen molar-refractivity contribution in [1.82, 2.24) is 20.2 Å². The SMILES string of the molecule is Cc1ccc(-c2ccc(-c3nncc(-c4ccc(C)cc4)n3)nc2)cc1. The summed E-state index contributed by atoms with van der Waals surface area (Å²) in [6, 6.07) is 20.6. The number of nitrogens with zero attached hydrogens (tertiary/aromatic N) is 4. The standard InChI is InChI=1S/C22H18N4/c1-15-3-7-17(8-4-15)19-11-12-20(23-13-19)22-25-21(14-24-26-22)18-9-5-16(2)6-10-18/h3-14H,1-2H3. The minimum atomic E-state index is 0.526. The normalized spacial score (nSPS) is 10.7. The molecule has 0 saturated carbocycles. The smallest absolute Gasteiger partial charge is 0.200 e. The lowest BCUT2D eigenvalue weighted by Gasteiger charge is -2.05. The second-order valence-electron chi connectivity index (χ2n) is 6.33. The molecule has 2 heterocycles. The zero-order valence-electron chi connectivity index (χ0n) is 14.7. The van der Waals surface area contributed by atoms with E-state index in [1.54, 1.807) is 6.20 Å². The quantitative estimate of drug-likeness (QED) is 0.534. The number of aryl methyl sites for hydroxylation is 2. The van der Waals surface area contributed by atoms with E-state index < -0.39 is 0 Å². The average molecular weight is 338 g/mol. The van der Waals surface area contributed by atoms with E-state index in [0.29, 0.717) is 11.5 Å². The highest BCUT2D eigenvalue weighted by Gasteiger charge is 2.08. The third-order valence-corrected chi connectivity index (χ3v) is 4.28. The number of benzene rings is 2. The van der Waals surface area contributed by atoms with E-state index in [-0.39, 0.29) is 0 Å². The van der Waals surface area contributed by atoms with E-state index in [2.05, 4.69) is 70.4 Å². The molecule has 0 unspecified atom stereocenters. The number of hydrogen-bond acceptors (Lipinski definition) is 4. The molecule has 0 atom stereocenters. The predicted octanol–water partition coefficient (Wildman–Crippen LogP) is 4.88. The van der Waals surface area contributed by atoms with Crippen LogP contribution in [0.5, 0.6) is 0 Å². The topological polar surface area (TPSA) is 51.6 Å². The van der Waals surface area contributed by atoms with Gasteiger partial charge in [-0.15, -0.1) is 5.10 Å². The molecule has 2 aromatic carbocycles. The molecular formula is C22H18N4. The van der Waals surface area contributed by atoms with Crippen LogP contribution in [0.2, 0.25) is 0 Å². The maximum atomic E-state index is 4.62. The van der Waals surface area contributed by atoms with Crippen LogP contribution in [0.25, 0.3) is 33.9 Å². The lowest BCUT2D eigenvalue weighted by molar-refractivity contribution is 0.975. The molecule has 0 bridgehead atoms. The highest BCUT2D eigenvalue weighted by atomic mass is 15.1. The van der Waals surface area contributed by atoms with E-state index in [4.69, 9.17) is 0 Å². The molecule has 0 N–H and O–H groups in total. The highest BCUT2D eigenvalue weighted by Crippen LogP contribution is 2.23. The lowest BCUT2D eigenvalue weighted by Crippen LogP contribution is -1.96. The summed E-state index contributed by atoms with van der Waals surface area (Å²) < 4.78 is 0. The van der Waals surface area contributed by atoms with E-state index in [1.807, 2.05) is 30.5 Å². The van der Waals surface area contributed by atoms with Gasteiger partial charge in [0.1, 0.15) is 5.69 Å². The Labute approximate surface area is 152 Å². The molecule has 26 heavy (non-hydrogen) atoms. The molecular weight excluding hydrogens is 320 g/mol. The number of aromatic nitrogens is 4. The Morgan fingerprint density at radius 2 is 1.19 bits per heavy atom. The molecule has 4 rings (SSSR count). The Kier molecular flexibility index (Phi) is 4.23. The summed E-state index contributed by atoms with van der Waals surface area (Å²) in [6.45, 7) is 4.14. The minimum Gasteiger partial charge on any atom is -0.252 e. The monoisotopic (exact) mass is 338 g/mol. The summed E-state index contributed by atoms with van der Waals surface area (Å²) in [7, 11) is 0. The van der Waals surface area contributed by atoms with Crippen molar-refractivity contribution in [1.29, 1.82) is 0 Å². The first-order chi connectivity index (χ1) is 12.7. The molecule has 0 aliphatic heterocycles. The van der Waals surface area contributed by atoms with Crippen LogP contribution in [-0.4, -0.2) is 20.2 Å². The molecule has 126 valence electrons. The average Bonchev–Trinajstić information content (AvgIpc) is 2.69. The zero-order chi connectivity index (χ0) is 17.9. The van der Waals surface area contributed by atoms with Gasteiger partial charge in [0, 0.05) is 17.3 Å². The van der Waals surface area contributed by atoms with Crippen molar-refractivity contribution in [2.24, 2.45) is 0 Å². The van der Waals surface area contributed by atoms with Crippen LogP contribution in [0, 0.1) is 13.8 Å². The lowest BCUT2D eigenvalue weighted by atomic mass is 10.1. The van der Waals surface area contributed by atoms with Gasteiger partial charge in [0.15, 0.2) is 0 Å². The van der Waals surface area contributed by atoms with Gasteiger partial charge in [0.05, 0.1) is 11.9 Å². The Bertz CT molecular complexity index is 1020. The van der Waals surface area contributed by atoms with Gasteiger partial charge >= 0.3 is 0 Å². The fourth-order valence-corrected chi connectivity index (χ4v) is 2.72. The molecule has 0 spiro atoms. The predicted molar refractivity (Wildman–Crippen MR) is 103 cm³/mol. The van der Waals surface area contributed by atoms with Crippen LogP contribution in [0.15, 0.2) is 73.1 Å². The first-order valence-corrected chi connectivity index (χ1v) is 8.49. The van der Waals surface area contributed by atoms with Gasteiger partial charge in [-0.05, 0) is 25.5 Å². The van der Waals surface area contributed by atoms with Crippen LogP contribution >= 0.6 is 0 Å². The zero-order valence-corrected chi connectivity index (χ0v) is 14.7. The maximum Gasteiger partial charge on any atom is 0.200 e. The van der Waals surface area contributed by atoms with Gasteiger partial charge < -0.3 is 0 Å².